The van der Waals surface area contributed by atoms with E-state index >= 15 is 0 Å². The van der Waals surface area contributed by atoms with Gasteiger partial charge in [0.05, 0.1) is 5.71 Å². The Morgan fingerprint density at radius 3 is 2.40 bits per heavy atom. The Morgan fingerprint density at radius 2 is 1.93 bits per heavy atom. The zero-order valence-corrected chi connectivity index (χ0v) is 9.27. The van der Waals surface area contributed by atoms with Crippen molar-refractivity contribution in [3.8, 4) is 0 Å². The smallest absolute Gasteiger partial charge is 0.0639 e. The van der Waals surface area contributed by atoms with E-state index in [4.69, 9.17) is 5.21 Å². The molecule has 0 unspecified atom stereocenters. The molecule has 1 aromatic rings. The maximum atomic E-state index is 8.84. The van der Waals surface area contributed by atoms with Crippen LogP contribution in [0.2, 0.25) is 0 Å². The second kappa shape index (κ2) is 5.35. The van der Waals surface area contributed by atoms with Crippen molar-refractivity contribution in [2.24, 2.45) is 11.1 Å². The van der Waals surface area contributed by atoms with Gasteiger partial charge in [-0.25, -0.2) is 0 Å². The van der Waals surface area contributed by atoms with E-state index in [1.54, 1.807) is 0 Å². The number of benzene rings is 1. The molecule has 1 N–H and O–H groups in total. The topological polar surface area (TPSA) is 32.6 Å². The first-order valence-corrected chi connectivity index (χ1v) is 5.09. The van der Waals surface area contributed by atoms with Crippen molar-refractivity contribution in [3.63, 3.8) is 0 Å². The summed E-state index contributed by atoms with van der Waals surface area (Å²) < 4.78 is 0. The predicted octanol–water partition coefficient (Wildman–Crippen LogP) is 3.58. The highest BCUT2D eigenvalue weighted by Crippen LogP contribution is 2.18. The number of hydrogen-bond acceptors (Lipinski definition) is 2. The highest BCUT2D eigenvalue weighted by Gasteiger charge is 2.08. The highest BCUT2D eigenvalue weighted by molar-refractivity contribution is 5.94. The fourth-order valence-corrected chi connectivity index (χ4v) is 1.35. The number of oxime groups is 1. The van der Waals surface area contributed by atoms with E-state index in [1.165, 1.54) is 0 Å². The molecule has 0 aromatic heterocycles. The molecular weight excluding hydrogens is 186 g/mol. The van der Waals surface area contributed by atoms with Gasteiger partial charge < -0.3 is 5.21 Å². The quantitative estimate of drug-likeness (QED) is 0.453. The van der Waals surface area contributed by atoms with Gasteiger partial charge in [0.15, 0.2) is 0 Å². The molecule has 0 aliphatic rings. The summed E-state index contributed by atoms with van der Waals surface area (Å²) in [5.74, 6) is 0.246. The summed E-state index contributed by atoms with van der Waals surface area (Å²) in [5.41, 5.74) is 2.85. The van der Waals surface area contributed by atoms with E-state index in [-0.39, 0.29) is 5.92 Å². The second-order valence-corrected chi connectivity index (χ2v) is 3.89. The maximum Gasteiger partial charge on any atom is 0.0639 e. The molecule has 80 valence electrons. The van der Waals surface area contributed by atoms with Crippen molar-refractivity contribution in [2.75, 3.05) is 0 Å². The molecule has 2 nitrogen and oxygen atoms in total. The zero-order valence-electron chi connectivity index (χ0n) is 9.27. The van der Waals surface area contributed by atoms with Gasteiger partial charge in [-0.3, -0.25) is 0 Å². The van der Waals surface area contributed by atoms with Gasteiger partial charge in [-0.1, -0.05) is 55.9 Å². The lowest BCUT2D eigenvalue weighted by Crippen LogP contribution is -2.08. The molecule has 0 saturated heterocycles. The van der Waals surface area contributed by atoms with E-state index in [2.05, 4.69) is 11.7 Å². The van der Waals surface area contributed by atoms with Gasteiger partial charge in [0.1, 0.15) is 0 Å². The Kier molecular flexibility index (Phi) is 4.10. The summed E-state index contributed by atoms with van der Waals surface area (Å²) in [7, 11) is 0. The Balaban J connectivity index is 2.72. The van der Waals surface area contributed by atoms with Gasteiger partial charge in [-0.2, -0.15) is 0 Å². The molecule has 0 saturated carbocycles. The standard InChI is InChI=1S/C13H17NO/c1-10(2)13(14-15)9-11(3)12-7-5-4-6-8-12/h4-8,10,15H,3,9H2,1-2H3/b14-13-. The molecular formula is C13H17NO. The third-order valence-corrected chi connectivity index (χ3v) is 2.37. The minimum atomic E-state index is 0.246. The van der Waals surface area contributed by atoms with Gasteiger partial charge >= 0.3 is 0 Å². The van der Waals surface area contributed by atoms with E-state index in [0.717, 1.165) is 16.8 Å². The van der Waals surface area contributed by atoms with Crippen LogP contribution in [0.5, 0.6) is 0 Å². The lowest BCUT2D eigenvalue weighted by molar-refractivity contribution is 0.315. The lowest BCUT2D eigenvalue weighted by atomic mass is 9.96. The summed E-state index contributed by atoms with van der Waals surface area (Å²) in [5, 5.41) is 12.1. The van der Waals surface area contributed by atoms with Crippen LogP contribution in [-0.4, -0.2) is 10.9 Å². The average Bonchev–Trinajstić information content (AvgIpc) is 2.26. The van der Waals surface area contributed by atoms with Crippen LogP contribution < -0.4 is 0 Å². The minimum Gasteiger partial charge on any atom is -0.411 e. The summed E-state index contributed by atoms with van der Waals surface area (Å²) in [6.45, 7) is 8.02. The Morgan fingerprint density at radius 1 is 1.33 bits per heavy atom. The molecule has 0 amide bonds. The lowest BCUT2D eigenvalue weighted by Gasteiger charge is -2.10. The average molecular weight is 203 g/mol. The van der Waals surface area contributed by atoms with Crippen LogP contribution in [0.1, 0.15) is 25.8 Å². The molecule has 0 spiro atoms. The van der Waals surface area contributed by atoms with Crippen LogP contribution in [0.15, 0.2) is 42.1 Å². The van der Waals surface area contributed by atoms with Crippen molar-refractivity contribution < 1.29 is 5.21 Å². The first kappa shape index (κ1) is 11.5. The number of hydrogen-bond donors (Lipinski definition) is 1. The molecule has 0 aliphatic carbocycles. The van der Waals surface area contributed by atoms with Crippen LogP contribution in [0.4, 0.5) is 0 Å². The monoisotopic (exact) mass is 203 g/mol. The Labute approximate surface area is 90.9 Å². The number of allylic oxidation sites excluding steroid dienone is 1. The molecule has 15 heavy (non-hydrogen) atoms. The normalized spacial score (nSPS) is 11.8. The SMILES string of the molecule is C=C(C/C(=N/O)C(C)C)c1ccccc1. The van der Waals surface area contributed by atoms with Crippen LogP contribution in [-0.2, 0) is 0 Å². The van der Waals surface area contributed by atoms with Crippen LogP contribution in [0.25, 0.3) is 5.57 Å². The van der Waals surface area contributed by atoms with E-state index < -0.39 is 0 Å². The van der Waals surface area contributed by atoms with Gasteiger partial charge in [-0.15, -0.1) is 0 Å². The molecule has 1 aromatic carbocycles. The van der Waals surface area contributed by atoms with Crippen molar-refractivity contribution in [2.45, 2.75) is 20.3 Å². The van der Waals surface area contributed by atoms with Crippen LogP contribution in [0.3, 0.4) is 0 Å². The summed E-state index contributed by atoms with van der Waals surface area (Å²) in [4.78, 5) is 0. The molecule has 0 heterocycles. The van der Waals surface area contributed by atoms with E-state index in [9.17, 15) is 0 Å². The fraction of sp³-hybridized carbons (Fsp3) is 0.308. The molecule has 0 atom stereocenters. The maximum absolute atomic E-state index is 8.84. The van der Waals surface area contributed by atoms with Crippen LogP contribution in [0, 0.1) is 5.92 Å². The van der Waals surface area contributed by atoms with Crippen molar-refractivity contribution in [1.29, 1.82) is 0 Å². The minimum absolute atomic E-state index is 0.246. The number of nitrogens with zero attached hydrogens (tertiary/aromatic N) is 1. The second-order valence-electron chi connectivity index (χ2n) is 3.89. The summed E-state index contributed by atoms with van der Waals surface area (Å²) in [6.07, 6.45) is 0.623. The van der Waals surface area contributed by atoms with Gasteiger partial charge in [-0.05, 0) is 17.1 Å². The Hall–Kier alpha value is -1.57. The van der Waals surface area contributed by atoms with Crippen molar-refractivity contribution in [3.05, 3.63) is 42.5 Å². The van der Waals surface area contributed by atoms with Crippen molar-refractivity contribution >= 4 is 11.3 Å². The van der Waals surface area contributed by atoms with Crippen LogP contribution >= 0.6 is 0 Å². The molecule has 0 bridgehead atoms. The summed E-state index contributed by atoms with van der Waals surface area (Å²) in [6, 6.07) is 9.95. The molecule has 0 aliphatic heterocycles. The van der Waals surface area contributed by atoms with E-state index in [1.807, 2.05) is 44.2 Å². The van der Waals surface area contributed by atoms with Crippen molar-refractivity contribution in [1.82, 2.24) is 0 Å². The molecule has 1 rings (SSSR count). The first-order chi connectivity index (χ1) is 7.15. The predicted molar refractivity (Wildman–Crippen MR) is 64.2 cm³/mol. The third-order valence-electron chi connectivity index (χ3n) is 2.37. The Bertz CT molecular complexity index is 352. The molecule has 0 radical (unpaired) electrons. The van der Waals surface area contributed by atoms with E-state index in [0.29, 0.717) is 6.42 Å². The zero-order chi connectivity index (χ0) is 11.3. The fourth-order valence-electron chi connectivity index (χ4n) is 1.35. The number of rotatable bonds is 4. The van der Waals surface area contributed by atoms with Gasteiger partial charge in [0, 0.05) is 6.42 Å². The first-order valence-electron chi connectivity index (χ1n) is 5.09. The largest absolute Gasteiger partial charge is 0.411 e. The molecule has 0 fully saturated rings. The summed E-state index contributed by atoms with van der Waals surface area (Å²) >= 11 is 0. The van der Waals surface area contributed by atoms with Gasteiger partial charge in [0.2, 0.25) is 0 Å². The third kappa shape index (κ3) is 3.24. The molecule has 2 heteroatoms. The highest BCUT2D eigenvalue weighted by atomic mass is 16.4. The van der Waals surface area contributed by atoms with Gasteiger partial charge in [0.25, 0.3) is 0 Å².